The topological polar surface area (TPSA) is 99.3 Å². The molecule has 0 aliphatic rings. The normalized spacial score (nSPS) is 11.2. The zero-order chi connectivity index (χ0) is 19.1. The smallest absolute Gasteiger partial charge is 0.255 e. The number of hydrogen-bond acceptors (Lipinski definition) is 5. The summed E-state index contributed by atoms with van der Waals surface area (Å²) < 4.78 is 0. The maximum absolute atomic E-state index is 12.2. The lowest BCUT2D eigenvalue weighted by molar-refractivity contribution is 1.19. The molecule has 0 unspecified atom stereocenters. The molecule has 0 radical (unpaired) electrons. The Kier molecular flexibility index (Phi) is 3.65. The molecule has 0 bridgehead atoms. The van der Waals surface area contributed by atoms with E-state index in [4.69, 9.17) is 0 Å². The van der Waals surface area contributed by atoms with E-state index in [-0.39, 0.29) is 5.56 Å². The molecule has 28 heavy (non-hydrogen) atoms. The summed E-state index contributed by atoms with van der Waals surface area (Å²) >= 11 is 0. The van der Waals surface area contributed by atoms with E-state index in [1.165, 1.54) is 6.33 Å². The molecule has 0 aliphatic carbocycles. The molecule has 7 nitrogen and oxygen atoms in total. The second-order valence-electron chi connectivity index (χ2n) is 6.51. The van der Waals surface area contributed by atoms with Crippen LogP contribution in [-0.2, 0) is 0 Å². The van der Waals surface area contributed by atoms with Crippen LogP contribution in [0.3, 0.4) is 0 Å². The summed E-state index contributed by atoms with van der Waals surface area (Å²) in [5, 5.41) is 5.82. The minimum atomic E-state index is -0.119. The average molecular weight is 368 g/mol. The highest BCUT2D eigenvalue weighted by Gasteiger charge is 2.14. The fourth-order valence-electron chi connectivity index (χ4n) is 3.45. The van der Waals surface area contributed by atoms with Crippen molar-refractivity contribution in [3.8, 4) is 11.3 Å². The van der Waals surface area contributed by atoms with Crippen molar-refractivity contribution in [1.82, 2.24) is 24.9 Å². The van der Waals surface area contributed by atoms with Gasteiger partial charge in [0.2, 0.25) is 0 Å². The summed E-state index contributed by atoms with van der Waals surface area (Å²) in [6.45, 7) is 2.00. The van der Waals surface area contributed by atoms with Gasteiger partial charge in [0.05, 0.1) is 11.4 Å². The van der Waals surface area contributed by atoms with Crippen molar-refractivity contribution in [2.24, 2.45) is 0 Å². The molecule has 7 heteroatoms. The van der Waals surface area contributed by atoms with Crippen molar-refractivity contribution in [3.05, 3.63) is 77.2 Å². The first kappa shape index (κ1) is 16.2. The Bertz CT molecular complexity index is 1380. The third-order valence-corrected chi connectivity index (χ3v) is 4.82. The minimum absolute atomic E-state index is 0.119. The van der Waals surface area contributed by atoms with Gasteiger partial charge in [-0.2, -0.15) is 0 Å². The van der Waals surface area contributed by atoms with Crippen molar-refractivity contribution in [2.75, 3.05) is 5.32 Å². The van der Waals surface area contributed by atoms with E-state index in [0.29, 0.717) is 11.2 Å². The average Bonchev–Trinajstić information content (AvgIpc) is 3.20. The van der Waals surface area contributed by atoms with Gasteiger partial charge < -0.3 is 15.3 Å². The number of aryl methyl sites for hydroxylation is 1. The summed E-state index contributed by atoms with van der Waals surface area (Å²) in [5.41, 5.74) is 4.17. The van der Waals surface area contributed by atoms with Crippen LogP contribution in [0, 0.1) is 6.92 Å². The fraction of sp³-hybridized carbons (Fsp3) is 0.0476. The molecule has 4 aromatic heterocycles. The van der Waals surface area contributed by atoms with Crippen LogP contribution in [0.5, 0.6) is 0 Å². The molecule has 5 aromatic rings. The number of nitrogens with one attached hydrogen (secondary N) is 3. The quantitative estimate of drug-likeness (QED) is 0.448. The van der Waals surface area contributed by atoms with Gasteiger partial charge in [0, 0.05) is 40.3 Å². The number of nitrogens with zero attached hydrogens (tertiary/aromatic N) is 3. The van der Waals surface area contributed by atoms with E-state index in [0.717, 1.165) is 38.9 Å². The van der Waals surface area contributed by atoms with Gasteiger partial charge in [-0.3, -0.25) is 4.79 Å². The van der Waals surface area contributed by atoms with Crippen LogP contribution < -0.4 is 10.9 Å². The molecule has 1 aromatic carbocycles. The number of rotatable bonds is 3. The van der Waals surface area contributed by atoms with Crippen LogP contribution in [0.15, 0.2) is 66.1 Å². The van der Waals surface area contributed by atoms with Gasteiger partial charge in [-0.15, -0.1) is 0 Å². The van der Waals surface area contributed by atoms with Gasteiger partial charge >= 0.3 is 0 Å². The number of anilines is 2. The second kappa shape index (κ2) is 6.31. The van der Waals surface area contributed by atoms with E-state index in [2.05, 4.69) is 30.2 Å². The van der Waals surface area contributed by atoms with Gasteiger partial charge in [-0.05, 0) is 42.8 Å². The Labute approximate surface area is 159 Å². The van der Waals surface area contributed by atoms with Crippen molar-refractivity contribution in [3.63, 3.8) is 0 Å². The van der Waals surface area contributed by atoms with E-state index in [1.54, 1.807) is 12.4 Å². The molecular formula is C21H16N6O. The Morgan fingerprint density at radius 1 is 0.893 bits per heavy atom. The van der Waals surface area contributed by atoms with Gasteiger partial charge in [0.25, 0.3) is 5.56 Å². The van der Waals surface area contributed by atoms with Gasteiger partial charge in [-0.25, -0.2) is 15.0 Å². The number of H-pyrrole nitrogens is 2. The first-order valence-corrected chi connectivity index (χ1v) is 8.84. The lowest BCUT2D eigenvalue weighted by Gasteiger charge is -2.15. The summed E-state index contributed by atoms with van der Waals surface area (Å²) in [6, 6.07) is 11.5. The largest absolute Gasteiger partial charge is 0.346 e. The summed E-state index contributed by atoms with van der Waals surface area (Å²) in [4.78, 5) is 31.3. The van der Waals surface area contributed by atoms with Gasteiger partial charge in [0.1, 0.15) is 17.8 Å². The fourth-order valence-corrected chi connectivity index (χ4v) is 3.45. The zero-order valence-electron chi connectivity index (χ0n) is 15.0. The van der Waals surface area contributed by atoms with Crippen molar-refractivity contribution in [2.45, 2.75) is 6.92 Å². The van der Waals surface area contributed by atoms with Crippen LogP contribution >= 0.6 is 0 Å². The lowest BCUT2D eigenvalue weighted by atomic mass is 10.1. The van der Waals surface area contributed by atoms with Crippen molar-refractivity contribution < 1.29 is 0 Å². The second-order valence-corrected chi connectivity index (χ2v) is 6.51. The molecule has 5 rings (SSSR count). The Morgan fingerprint density at radius 3 is 2.68 bits per heavy atom. The standard InChI is InChI=1S/C21H16N6O/c1-12-4-5-14-13(6-10-24-21(14)28)17(12)27-20-15(3-2-8-22-20)18-16-7-9-23-19(16)26-11-25-18/h2-11H,1H3,(H,22,27)(H,24,28)(H,23,25,26). The number of aromatic amines is 2. The lowest BCUT2D eigenvalue weighted by Crippen LogP contribution is -2.07. The Hall–Kier alpha value is -4.00. The highest BCUT2D eigenvalue weighted by molar-refractivity contribution is 5.99. The number of pyridine rings is 2. The first-order chi connectivity index (χ1) is 13.7. The zero-order valence-corrected chi connectivity index (χ0v) is 15.0. The van der Waals surface area contributed by atoms with Gasteiger partial charge in [-0.1, -0.05) is 6.07 Å². The Balaban J connectivity index is 1.71. The minimum Gasteiger partial charge on any atom is -0.346 e. The summed E-state index contributed by atoms with van der Waals surface area (Å²) in [6.07, 6.45) is 6.76. The SMILES string of the molecule is Cc1ccc2c(=O)[nH]ccc2c1Nc1ncccc1-c1ncnc2[nH]ccc12. The summed E-state index contributed by atoms with van der Waals surface area (Å²) in [5.74, 6) is 0.666. The maximum atomic E-state index is 12.2. The van der Waals surface area contributed by atoms with Crippen molar-refractivity contribution >= 4 is 33.3 Å². The van der Waals surface area contributed by atoms with Crippen LogP contribution in [0.2, 0.25) is 0 Å². The number of hydrogen-bond donors (Lipinski definition) is 3. The summed E-state index contributed by atoms with van der Waals surface area (Å²) in [7, 11) is 0. The van der Waals surface area contributed by atoms with E-state index >= 15 is 0 Å². The predicted molar refractivity (Wildman–Crippen MR) is 110 cm³/mol. The predicted octanol–water partition coefficient (Wildman–Crippen LogP) is 3.91. The number of fused-ring (bicyclic) bond motifs is 2. The number of aromatic nitrogens is 5. The van der Waals surface area contributed by atoms with E-state index in [1.807, 2.05) is 49.5 Å². The highest BCUT2D eigenvalue weighted by atomic mass is 16.1. The van der Waals surface area contributed by atoms with Crippen LogP contribution in [0.1, 0.15) is 5.56 Å². The Morgan fingerprint density at radius 2 is 1.75 bits per heavy atom. The third kappa shape index (κ3) is 2.52. The molecule has 0 fully saturated rings. The van der Waals surface area contributed by atoms with Crippen LogP contribution in [0.25, 0.3) is 33.1 Å². The molecule has 0 spiro atoms. The van der Waals surface area contributed by atoms with Crippen LogP contribution in [0.4, 0.5) is 11.5 Å². The third-order valence-electron chi connectivity index (χ3n) is 4.82. The molecule has 0 saturated carbocycles. The molecule has 136 valence electrons. The molecule has 0 atom stereocenters. The molecule has 0 amide bonds. The monoisotopic (exact) mass is 368 g/mol. The van der Waals surface area contributed by atoms with E-state index in [9.17, 15) is 4.79 Å². The maximum Gasteiger partial charge on any atom is 0.255 e. The van der Waals surface area contributed by atoms with Gasteiger partial charge in [0.15, 0.2) is 0 Å². The molecule has 3 N–H and O–H groups in total. The molecule has 4 heterocycles. The number of benzene rings is 1. The van der Waals surface area contributed by atoms with Crippen molar-refractivity contribution in [1.29, 1.82) is 0 Å². The molecule has 0 saturated heterocycles. The van der Waals surface area contributed by atoms with E-state index < -0.39 is 0 Å². The molecule has 0 aliphatic heterocycles. The highest BCUT2D eigenvalue weighted by Crippen LogP contribution is 2.34. The first-order valence-electron chi connectivity index (χ1n) is 8.84. The molecular weight excluding hydrogens is 352 g/mol. The van der Waals surface area contributed by atoms with Crippen LogP contribution in [-0.4, -0.2) is 24.9 Å².